The summed E-state index contributed by atoms with van der Waals surface area (Å²) in [7, 11) is 0. The molecule has 0 aliphatic heterocycles. The van der Waals surface area contributed by atoms with Crippen molar-refractivity contribution < 1.29 is 24.2 Å². The number of carboxylic acids is 1. The summed E-state index contributed by atoms with van der Waals surface area (Å²) in [6.45, 7) is 5.01. The summed E-state index contributed by atoms with van der Waals surface area (Å²) in [5.41, 5.74) is 4.40. The molecule has 21 heavy (non-hydrogen) atoms. The second-order valence-electron chi connectivity index (χ2n) is 5.23. The number of hydrogen-bond acceptors (Lipinski definition) is 6. The molecule has 0 saturated heterocycles. The molecule has 0 saturated carbocycles. The minimum Gasteiger partial charge on any atom is -0.480 e. The van der Waals surface area contributed by atoms with Crippen LogP contribution in [-0.2, 0) is 16.0 Å². The van der Waals surface area contributed by atoms with Gasteiger partial charge in [0.2, 0.25) is 0 Å². The Labute approximate surface area is 125 Å². The van der Waals surface area contributed by atoms with E-state index in [0.717, 1.165) is 11.3 Å². The number of carbonyl (C=O) groups excluding carboxylic acids is 2. The number of carboxylic acid groups (broad SMARTS) is 1. The Bertz CT molecular complexity index is 549. The van der Waals surface area contributed by atoms with Crippen LogP contribution in [0.4, 0.5) is 4.79 Å². The minimum atomic E-state index is -1.23. The molecule has 1 aromatic heterocycles. The Morgan fingerprint density at radius 3 is 2.52 bits per heavy atom. The Morgan fingerprint density at radius 2 is 2.10 bits per heavy atom. The number of amides is 2. The highest BCUT2D eigenvalue weighted by Gasteiger charge is 2.25. The van der Waals surface area contributed by atoms with Gasteiger partial charge in [-0.15, -0.1) is 11.3 Å². The third kappa shape index (κ3) is 5.78. The summed E-state index contributed by atoms with van der Waals surface area (Å²) in [4.78, 5) is 37.6. The molecule has 116 valence electrons. The summed E-state index contributed by atoms with van der Waals surface area (Å²) < 4.78 is 4.99. The van der Waals surface area contributed by atoms with Crippen LogP contribution in [-0.4, -0.2) is 39.7 Å². The normalized spacial score (nSPS) is 12.5. The van der Waals surface area contributed by atoms with Crippen LogP contribution in [0, 0.1) is 0 Å². The molecule has 1 aromatic rings. The van der Waals surface area contributed by atoms with E-state index in [4.69, 9.17) is 15.6 Å². The number of thiazole rings is 1. The maximum absolute atomic E-state index is 11.6. The topological polar surface area (TPSA) is 132 Å². The number of aromatic nitrogens is 1. The van der Waals surface area contributed by atoms with Crippen LogP contribution >= 0.6 is 11.3 Å². The second-order valence-corrected chi connectivity index (χ2v) is 6.17. The van der Waals surface area contributed by atoms with Gasteiger partial charge in [-0.2, -0.15) is 0 Å². The average molecular weight is 315 g/mol. The van der Waals surface area contributed by atoms with Crippen molar-refractivity contribution in [3.05, 3.63) is 16.1 Å². The molecule has 0 radical (unpaired) electrons. The van der Waals surface area contributed by atoms with Gasteiger partial charge in [0.15, 0.2) is 0 Å². The quantitative estimate of drug-likeness (QED) is 0.735. The highest BCUT2D eigenvalue weighted by Crippen LogP contribution is 2.13. The molecule has 0 bridgehead atoms. The minimum absolute atomic E-state index is 0.0630. The van der Waals surface area contributed by atoms with Gasteiger partial charge in [-0.05, 0) is 20.8 Å². The van der Waals surface area contributed by atoms with Crippen LogP contribution in [0.3, 0.4) is 0 Å². The zero-order chi connectivity index (χ0) is 16.2. The number of nitrogens with two attached hydrogens (primary N) is 1. The van der Waals surface area contributed by atoms with Gasteiger partial charge in [-0.3, -0.25) is 4.79 Å². The number of rotatable bonds is 5. The Morgan fingerprint density at radius 1 is 1.48 bits per heavy atom. The van der Waals surface area contributed by atoms with Gasteiger partial charge >= 0.3 is 12.1 Å². The Hall–Kier alpha value is -2.16. The largest absolute Gasteiger partial charge is 0.480 e. The fourth-order valence-electron chi connectivity index (χ4n) is 1.34. The van der Waals surface area contributed by atoms with Crippen molar-refractivity contribution in [2.45, 2.75) is 38.8 Å². The molecule has 1 rings (SSSR count). The second kappa shape index (κ2) is 6.53. The van der Waals surface area contributed by atoms with Crippen molar-refractivity contribution in [1.82, 2.24) is 10.3 Å². The summed E-state index contributed by atoms with van der Waals surface area (Å²) >= 11 is 1.10. The van der Waals surface area contributed by atoms with E-state index in [0.29, 0.717) is 5.01 Å². The van der Waals surface area contributed by atoms with Crippen molar-refractivity contribution in [2.24, 2.45) is 5.73 Å². The van der Waals surface area contributed by atoms with Crippen LogP contribution in [0.5, 0.6) is 0 Å². The lowest BCUT2D eigenvalue weighted by molar-refractivity contribution is -0.139. The molecule has 0 spiro atoms. The number of hydrogen-bond donors (Lipinski definition) is 3. The molecule has 0 fully saturated rings. The summed E-state index contributed by atoms with van der Waals surface area (Å²) in [5, 5.41) is 13.2. The number of primary amides is 1. The number of nitrogens with one attached hydrogen (secondary N) is 1. The molecule has 0 aliphatic carbocycles. The van der Waals surface area contributed by atoms with E-state index in [2.05, 4.69) is 10.3 Å². The lowest BCUT2D eigenvalue weighted by Gasteiger charge is -2.21. The first kappa shape index (κ1) is 16.9. The first-order valence-electron chi connectivity index (χ1n) is 6.05. The van der Waals surface area contributed by atoms with Gasteiger partial charge in [-0.1, -0.05) is 0 Å². The number of alkyl carbamates (subject to hydrolysis) is 1. The predicted molar refractivity (Wildman–Crippen MR) is 75.1 cm³/mol. The maximum atomic E-state index is 11.6. The SMILES string of the molecule is CC(C)(C)OC(=O)NC(Cc1nc(C(N)=O)cs1)C(=O)O. The summed E-state index contributed by atoms with van der Waals surface area (Å²) in [6.07, 6.45) is -0.895. The van der Waals surface area contributed by atoms with E-state index < -0.39 is 29.6 Å². The average Bonchev–Trinajstić information content (AvgIpc) is 2.74. The number of nitrogens with zero attached hydrogens (tertiary/aromatic N) is 1. The molecular weight excluding hydrogens is 298 g/mol. The third-order valence-corrected chi connectivity index (χ3v) is 3.04. The molecule has 9 heteroatoms. The van der Waals surface area contributed by atoms with E-state index in [9.17, 15) is 14.4 Å². The molecule has 1 unspecified atom stereocenters. The zero-order valence-corrected chi connectivity index (χ0v) is 12.7. The van der Waals surface area contributed by atoms with E-state index in [1.54, 1.807) is 20.8 Å². The fraction of sp³-hybridized carbons (Fsp3) is 0.500. The smallest absolute Gasteiger partial charge is 0.408 e. The molecule has 4 N–H and O–H groups in total. The van der Waals surface area contributed by atoms with Crippen molar-refractivity contribution in [1.29, 1.82) is 0 Å². The van der Waals surface area contributed by atoms with Crippen LogP contribution < -0.4 is 11.1 Å². The van der Waals surface area contributed by atoms with Gasteiger partial charge in [-0.25, -0.2) is 14.6 Å². The summed E-state index contributed by atoms with van der Waals surface area (Å²) in [5.74, 6) is -1.92. The molecule has 8 nitrogen and oxygen atoms in total. The molecular formula is C12H17N3O5S. The number of carbonyl (C=O) groups is 3. The molecule has 2 amide bonds. The van der Waals surface area contributed by atoms with Crippen LogP contribution in [0.25, 0.3) is 0 Å². The standard InChI is InChI=1S/C12H17N3O5S/c1-12(2,3)20-11(19)15-6(10(17)18)4-8-14-7(5-21-8)9(13)16/h5-6H,4H2,1-3H3,(H2,13,16)(H,15,19)(H,17,18). The van der Waals surface area contributed by atoms with E-state index >= 15 is 0 Å². The van der Waals surface area contributed by atoms with Crippen LogP contribution in [0.15, 0.2) is 5.38 Å². The highest BCUT2D eigenvalue weighted by atomic mass is 32.1. The third-order valence-electron chi connectivity index (χ3n) is 2.17. The van der Waals surface area contributed by atoms with Gasteiger partial charge in [0.1, 0.15) is 17.3 Å². The van der Waals surface area contributed by atoms with Gasteiger partial charge in [0, 0.05) is 11.8 Å². The van der Waals surface area contributed by atoms with Crippen LogP contribution in [0.2, 0.25) is 0 Å². The first-order valence-corrected chi connectivity index (χ1v) is 6.93. The lowest BCUT2D eigenvalue weighted by Crippen LogP contribution is -2.44. The van der Waals surface area contributed by atoms with E-state index in [-0.39, 0.29) is 12.1 Å². The van der Waals surface area contributed by atoms with Gasteiger partial charge in [0.05, 0.1) is 5.01 Å². The van der Waals surface area contributed by atoms with Crippen molar-refractivity contribution in [3.8, 4) is 0 Å². The summed E-state index contributed by atoms with van der Waals surface area (Å²) in [6, 6.07) is -1.20. The van der Waals surface area contributed by atoms with Gasteiger partial charge in [0.25, 0.3) is 5.91 Å². The van der Waals surface area contributed by atoms with Crippen molar-refractivity contribution in [2.75, 3.05) is 0 Å². The lowest BCUT2D eigenvalue weighted by atomic mass is 10.2. The monoisotopic (exact) mass is 315 g/mol. The Kier molecular flexibility index (Phi) is 5.25. The number of aliphatic carboxylic acids is 1. The van der Waals surface area contributed by atoms with Gasteiger partial charge < -0.3 is 20.9 Å². The predicted octanol–water partition coefficient (Wildman–Crippen LogP) is 0.762. The van der Waals surface area contributed by atoms with Crippen molar-refractivity contribution >= 4 is 29.3 Å². The maximum Gasteiger partial charge on any atom is 0.408 e. The molecule has 1 heterocycles. The van der Waals surface area contributed by atoms with E-state index in [1.165, 1.54) is 5.38 Å². The number of ether oxygens (including phenoxy) is 1. The van der Waals surface area contributed by atoms with Crippen molar-refractivity contribution in [3.63, 3.8) is 0 Å². The fourth-order valence-corrected chi connectivity index (χ4v) is 2.17. The molecule has 0 aliphatic rings. The first-order chi connectivity index (χ1) is 9.58. The molecule has 0 aromatic carbocycles. The Balaban J connectivity index is 2.71. The van der Waals surface area contributed by atoms with E-state index in [1.807, 2.05) is 0 Å². The highest BCUT2D eigenvalue weighted by molar-refractivity contribution is 7.09. The zero-order valence-electron chi connectivity index (χ0n) is 11.9. The molecule has 1 atom stereocenters. The van der Waals surface area contributed by atoms with Crippen LogP contribution in [0.1, 0.15) is 36.3 Å².